The van der Waals surface area contributed by atoms with E-state index in [4.69, 9.17) is 4.74 Å². The van der Waals surface area contributed by atoms with Crippen LogP contribution in [0.2, 0.25) is 0 Å². The number of carbonyl (C=O) groups excluding carboxylic acids is 1. The maximum atomic E-state index is 12.6. The van der Waals surface area contributed by atoms with Gasteiger partial charge in [0.25, 0.3) is 5.91 Å². The van der Waals surface area contributed by atoms with Gasteiger partial charge in [0.05, 0.1) is 0 Å². The Morgan fingerprint density at radius 2 is 1.86 bits per heavy atom. The molecule has 0 bridgehead atoms. The van der Waals surface area contributed by atoms with Gasteiger partial charge in [0.2, 0.25) is 0 Å². The van der Waals surface area contributed by atoms with Crippen molar-refractivity contribution >= 4 is 5.91 Å². The summed E-state index contributed by atoms with van der Waals surface area (Å²) in [6.45, 7) is 11.8. The van der Waals surface area contributed by atoms with Crippen LogP contribution in [-0.2, 0) is 10.2 Å². The molecule has 0 aromatic heterocycles. The fourth-order valence-corrected chi connectivity index (χ4v) is 4.43. The number of benzene rings is 1. The van der Waals surface area contributed by atoms with Crippen molar-refractivity contribution in [1.82, 2.24) is 10.2 Å². The van der Waals surface area contributed by atoms with Crippen LogP contribution in [0.25, 0.3) is 0 Å². The number of nitrogens with zero attached hydrogens (tertiary/aromatic N) is 1. The first-order valence-electron chi connectivity index (χ1n) is 11.1. The van der Waals surface area contributed by atoms with E-state index in [9.17, 15) is 4.79 Å². The first-order chi connectivity index (χ1) is 13.3. The van der Waals surface area contributed by atoms with Crippen molar-refractivity contribution in [1.29, 1.82) is 0 Å². The average molecular weight is 387 g/mol. The topological polar surface area (TPSA) is 41.6 Å². The Labute approximate surface area is 171 Å². The van der Waals surface area contributed by atoms with Gasteiger partial charge < -0.3 is 15.0 Å². The zero-order chi connectivity index (χ0) is 20.1. The van der Waals surface area contributed by atoms with Gasteiger partial charge in [-0.15, -0.1) is 0 Å². The SMILES string of the molecule is CC(Oc1cccc(C(C)(C)C)c1)C(=O)NC1CCN(CC2CCCC2)CC1. The van der Waals surface area contributed by atoms with E-state index in [1.54, 1.807) is 0 Å². The maximum absolute atomic E-state index is 12.6. The van der Waals surface area contributed by atoms with E-state index < -0.39 is 6.10 Å². The highest BCUT2D eigenvalue weighted by atomic mass is 16.5. The second kappa shape index (κ2) is 9.30. The van der Waals surface area contributed by atoms with E-state index in [1.165, 1.54) is 37.8 Å². The normalized spacial score (nSPS) is 20.9. The van der Waals surface area contributed by atoms with E-state index in [1.807, 2.05) is 25.1 Å². The second-order valence-electron chi connectivity index (χ2n) is 9.77. The number of amides is 1. The molecule has 4 nitrogen and oxygen atoms in total. The minimum absolute atomic E-state index is 0.00425. The lowest BCUT2D eigenvalue weighted by Crippen LogP contribution is -2.48. The van der Waals surface area contributed by atoms with E-state index in [-0.39, 0.29) is 17.4 Å². The van der Waals surface area contributed by atoms with Crippen molar-refractivity contribution in [3.8, 4) is 5.75 Å². The largest absolute Gasteiger partial charge is 0.481 e. The van der Waals surface area contributed by atoms with Crippen LogP contribution in [0.3, 0.4) is 0 Å². The number of rotatable bonds is 6. The van der Waals surface area contributed by atoms with Gasteiger partial charge in [-0.1, -0.05) is 45.7 Å². The molecular formula is C24H38N2O2. The Morgan fingerprint density at radius 3 is 2.50 bits per heavy atom. The molecule has 0 spiro atoms. The molecule has 1 N–H and O–H groups in total. The van der Waals surface area contributed by atoms with Crippen molar-refractivity contribution in [2.45, 2.75) is 83.8 Å². The molecule has 1 aliphatic heterocycles. The van der Waals surface area contributed by atoms with Gasteiger partial charge in [-0.25, -0.2) is 0 Å². The monoisotopic (exact) mass is 386 g/mol. The molecule has 2 fully saturated rings. The molecular weight excluding hydrogens is 348 g/mol. The van der Waals surface area contributed by atoms with E-state index in [2.05, 4.69) is 37.1 Å². The zero-order valence-corrected chi connectivity index (χ0v) is 18.2. The lowest BCUT2D eigenvalue weighted by Gasteiger charge is -2.34. The minimum Gasteiger partial charge on any atom is -0.481 e. The molecule has 1 atom stereocenters. The lowest BCUT2D eigenvalue weighted by atomic mass is 9.87. The summed E-state index contributed by atoms with van der Waals surface area (Å²) in [6, 6.07) is 8.36. The van der Waals surface area contributed by atoms with Crippen LogP contribution in [0.15, 0.2) is 24.3 Å². The third-order valence-electron chi connectivity index (χ3n) is 6.31. The molecule has 28 heavy (non-hydrogen) atoms. The predicted octanol–water partition coefficient (Wildman–Crippen LogP) is 4.52. The van der Waals surface area contributed by atoms with E-state index in [0.29, 0.717) is 0 Å². The number of carbonyl (C=O) groups is 1. The first-order valence-corrected chi connectivity index (χ1v) is 11.1. The van der Waals surface area contributed by atoms with Gasteiger partial charge in [-0.05, 0) is 61.6 Å². The van der Waals surface area contributed by atoms with Crippen LogP contribution in [0.5, 0.6) is 5.75 Å². The van der Waals surface area contributed by atoms with Crippen molar-refractivity contribution in [2.75, 3.05) is 19.6 Å². The van der Waals surface area contributed by atoms with Crippen LogP contribution in [-0.4, -0.2) is 42.6 Å². The van der Waals surface area contributed by atoms with Gasteiger partial charge in [0.15, 0.2) is 6.10 Å². The standard InChI is InChI=1S/C24H38N2O2/c1-18(28-22-11-7-10-20(16-22)24(2,3)4)23(27)25-21-12-14-26(15-13-21)17-19-8-5-6-9-19/h7,10-11,16,18-19,21H,5-6,8-9,12-15,17H2,1-4H3,(H,25,27). The van der Waals surface area contributed by atoms with Crippen LogP contribution in [0.4, 0.5) is 0 Å². The molecule has 1 saturated heterocycles. The van der Waals surface area contributed by atoms with Crippen LogP contribution in [0, 0.1) is 5.92 Å². The summed E-state index contributed by atoms with van der Waals surface area (Å²) in [6.07, 6.45) is 7.24. The number of hydrogen-bond acceptors (Lipinski definition) is 3. The maximum Gasteiger partial charge on any atom is 0.260 e. The Hall–Kier alpha value is -1.55. The Morgan fingerprint density at radius 1 is 1.18 bits per heavy atom. The second-order valence-corrected chi connectivity index (χ2v) is 9.77. The number of piperidine rings is 1. The summed E-state index contributed by atoms with van der Waals surface area (Å²) in [5.74, 6) is 1.67. The molecule has 0 radical (unpaired) electrons. The highest BCUT2D eigenvalue weighted by molar-refractivity contribution is 5.81. The van der Waals surface area contributed by atoms with E-state index >= 15 is 0 Å². The lowest BCUT2D eigenvalue weighted by molar-refractivity contribution is -0.128. The summed E-state index contributed by atoms with van der Waals surface area (Å²) in [5.41, 5.74) is 1.28. The Bertz CT molecular complexity index is 638. The van der Waals surface area contributed by atoms with Gasteiger partial charge in [-0.3, -0.25) is 4.79 Å². The van der Waals surface area contributed by atoms with Gasteiger partial charge in [0, 0.05) is 25.7 Å². The smallest absolute Gasteiger partial charge is 0.260 e. The molecule has 156 valence electrons. The Kier molecular flexibility index (Phi) is 7.03. The van der Waals surface area contributed by atoms with Crippen LogP contribution >= 0.6 is 0 Å². The fourth-order valence-electron chi connectivity index (χ4n) is 4.43. The molecule has 1 aromatic rings. The summed E-state index contributed by atoms with van der Waals surface area (Å²) in [4.78, 5) is 15.2. The minimum atomic E-state index is -0.480. The molecule has 1 aliphatic carbocycles. The molecule has 4 heteroatoms. The first kappa shape index (κ1) is 21.2. The van der Waals surface area contributed by atoms with E-state index in [0.717, 1.165) is 37.6 Å². The third kappa shape index (κ3) is 5.97. The summed E-state index contributed by atoms with van der Waals surface area (Å²) < 4.78 is 5.94. The van der Waals surface area contributed by atoms with Gasteiger partial charge >= 0.3 is 0 Å². The summed E-state index contributed by atoms with van der Waals surface area (Å²) >= 11 is 0. The highest BCUT2D eigenvalue weighted by Crippen LogP contribution is 2.27. The highest BCUT2D eigenvalue weighted by Gasteiger charge is 2.26. The molecule has 1 saturated carbocycles. The summed E-state index contributed by atoms with van der Waals surface area (Å²) in [5, 5.41) is 3.21. The van der Waals surface area contributed by atoms with Crippen molar-refractivity contribution in [2.24, 2.45) is 5.92 Å². The third-order valence-corrected chi connectivity index (χ3v) is 6.31. The molecule has 3 rings (SSSR count). The number of likely N-dealkylation sites (tertiary alicyclic amines) is 1. The predicted molar refractivity (Wildman–Crippen MR) is 115 cm³/mol. The molecule has 2 aliphatic rings. The molecule has 1 heterocycles. The summed E-state index contributed by atoms with van der Waals surface area (Å²) in [7, 11) is 0. The fraction of sp³-hybridized carbons (Fsp3) is 0.708. The van der Waals surface area contributed by atoms with Gasteiger partial charge in [0.1, 0.15) is 5.75 Å². The molecule has 1 unspecified atom stereocenters. The van der Waals surface area contributed by atoms with Crippen LogP contribution < -0.4 is 10.1 Å². The van der Waals surface area contributed by atoms with Crippen molar-refractivity contribution in [3.05, 3.63) is 29.8 Å². The quantitative estimate of drug-likeness (QED) is 0.781. The van der Waals surface area contributed by atoms with Crippen molar-refractivity contribution < 1.29 is 9.53 Å². The Balaban J connectivity index is 1.43. The van der Waals surface area contributed by atoms with Crippen molar-refractivity contribution in [3.63, 3.8) is 0 Å². The average Bonchev–Trinajstić information content (AvgIpc) is 3.16. The number of ether oxygens (including phenoxy) is 1. The zero-order valence-electron chi connectivity index (χ0n) is 18.2. The molecule has 1 amide bonds. The number of hydrogen-bond donors (Lipinski definition) is 1. The molecule has 1 aromatic carbocycles. The van der Waals surface area contributed by atoms with Crippen LogP contribution in [0.1, 0.15) is 71.8 Å². The number of nitrogens with one attached hydrogen (secondary N) is 1. The van der Waals surface area contributed by atoms with Gasteiger partial charge in [-0.2, -0.15) is 0 Å².